The minimum Gasteiger partial charge on any atom is -0.337 e. The number of thioether (sulfide) groups is 1. The molecule has 1 aromatic rings. The van der Waals surface area contributed by atoms with Crippen LogP contribution in [-0.2, 0) is 7.05 Å². The van der Waals surface area contributed by atoms with E-state index in [1.807, 2.05) is 31.2 Å². The molecule has 0 amide bonds. The average Bonchev–Trinajstić information content (AvgIpc) is 2.60. The van der Waals surface area contributed by atoms with Crippen molar-refractivity contribution in [3.63, 3.8) is 0 Å². The Morgan fingerprint density at radius 2 is 2.43 bits per heavy atom. The van der Waals surface area contributed by atoms with E-state index in [-0.39, 0.29) is 0 Å². The van der Waals surface area contributed by atoms with Crippen molar-refractivity contribution in [1.29, 1.82) is 0 Å². The van der Waals surface area contributed by atoms with Crippen LogP contribution in [0.15, 0.2) is 12.4 Å². The van der Waals surface area contributed by atoms with E-state index < -0.39 is 0 Å². The minimum absolute atomic E-state index is 0.391. The van der Waals surface area contributed by atoms with Gasteiger partial charge in [0.05, 0.1) is 6.04 Å². The molecule has 1 atom stereocenters. The van der Waals surface area contributed by atoms with Gasteiger partial charge >= 0.3 is 0 Å². The van der Waals surface area contributed by atoms with E-state index in [4.69, 9.17) is 0 Å². The van der Waals surface area contributed by atoms with Crippen LogP contribution < -0.4 is 5.32 Å². The van der Waals surface area contributed by atoms with Crippen LogP contribution in [0.5, 0.6) is 0 Å². The third-order valence-corrected chi connectivity index (χ3v) is 2.89. The summed E-state index contributed by atoms with van der Waals surface area (Å²) in [5.41, 5.74) is 0. The van der Waals surface area contributed by atoms with E-state index in [2.05, 4.69) is 28.0 Å². The summed E-state index contributed by atoms with van der Waals surface area (Å²) in [5, 5.41) is 3.51. The van der Waals surface area contributed by atoms with Crippen molar-refractivity contribution >= 4 is 11.8 Å². The lowest BCUT2D eigenvalue weighted by atomic mass is 10.2. The summed E-state index contributed by atoms with van der Waals surface area (Å²) in [5.74, 6) is 2.29. The molecule has 80 valence electrons. The fourth-order valence-corrected chi connectivity index (χ4v) is 1.79. The van der Waals surface area contributed by atoms with Gasteiger partial charge in [0.1, 0.15) is 5.82 Å². The highest BCUT2D eigenvalue weighted by Crippen LogP contribution is 2.13. The molecule has 0 aliphatic rings. The maximum absolute atomic E-state index is 4.36. The second kappa shape index (κ2) is 6.09. The summed E-state index contributed by atoms with van der Waals surface area (Å²) >= 11 is 1.87. The fraction of sp³-hybridized carbons (Fsp3) is 0.700. The molecule has 0 aliphatic carbocycles. The Labute approximate surface area is 90.3 Å². The summed E-state index contributed by atoms with van der Waals surface area (Å²) < 4.78 is 2.08. The number of hydrogen-bond acceptors (Lipinski definition) is 3. The van der Waals surface area contributed by atoms with E-state index in [0.717, 1.165) is 24.5 Å². The zero-order valence-electron chi connectivity index (χ0n) is 9.16. The molecule has 0 aromatic carbocycles. The number of imidazole rings is 1. The highest BCUT2D eigenvalue weighted by atomic mass is 32.2. The molecule has 0 spiro atoms. The number of rotatable bonds is 6. The molecule has 1 aromatic heterocycles. The highest BCUT2D eigenvalue weighted by Gasteiger charge is 2.11. The Balaban J connectivity index is 2.50. The van der Waals surface area contributed by atoms with Crippen molar-refractivity contribution in [2.45, 2.75) is 19.4 Å². The number of nitrogens with zero attached hydrogens (tertiary/aromatic N) is 2. The zero-order chi connectivity index (χ0) is 10.4. The minimum atomic E-state index is 0.391. The van der Waals surface area contributed by atoms with Crippen LogP contribution in [0, 0.1) is 0 Å². The molecule has 3 nitrogen and oxygen atoms in total. The zero-order valence-corrected chi connectivity index (χ0v) is 9.97. The van der Waals surface area contributed by atoms with Gasteiger partial charge in [-0.3, -0.25) is 0 Å². The molecule has 1 N–H and O–H groups in total. The third kappa shape index (κ3) is 3.03. The maximum Gasteiger partial charge on any atom is 0.125 e. The van der Waals surface area contributed by atoms with Crippen molar-refractivity contribution in [1.82, 2.24) is 14.9 Å². The average molecular weight is 213 g/mol. The summed E-state index contributed by atoms with van der Waals surface area (Å²) in [6.07, 6.45) is 7.06. The molecule has 0 saturated heterocycles. The molecular weight excluding hydrogens is 194 g/mol. The quantitative estimate of drug-likeness (QED) is 0.731. The lowest BCUT2D eigenvalue weighted by molar-refractivity contribution is 0.498. The Kier molecular flexibility index (Phi) is 5.04. The van der Waals surface area contributed by atoms with Gasteiger partial charge in [-0.25, -0.2) is 4.98 Å². The molecule has 0 radical (unpaired) electrons. The summed E-state index contributed by atoms with van der Waals surface area (Å²) in [4.78, 5) is 4.36. The van der Waals surface area contributed by atoms with Crippen LogP contribution in [0.3, 0.4) is 0 Å². The fourth-order valence-electron chi connectivity index (χ4n) is 1.47. The number of nitrogens with one attached hydrogen (secondary N) is 1. The SMILES string of the molecule is CCC(NCCSC)c1nccn1C. The van der Waals surface area contributed by atoms with Gasteiger partial charge in [0, 0.05) is 31.7 Å². The van der Waals surface area contributed by atoms with E-state index in [1.54, 1.807) is 0 Å². The van der Waals surface area contributed by atoms with E-state index in [0.29, 0.717) is 6.04 Å². The molecule has 0 saturated carbocycles. The molecule has 0 bridgehead atoms. The van der Waals surface area contributed by atoms with Crippen LogP contribution in [0.2, 0.25) is 0 Å². The van der Waals surface area contributed by atoms with Gasteiger partial charge in [-0.1, -0.05) is 6.92 Å². The molecule has 0 aliphatic heterocycles. The van der Waals surface area contributed by atoms with Crippen molar-refractivity contribution in [3.05, 3.63) is 18.2 Å². The van der Waals surface area contributed by atoms with Crippen LogP contribution in [0.1, 0.15) is 25.2 Å². The van der Waals surface area contributed by atoms with Crippen molar-refractivity contribution < 1.29 is 0 Å². The molecule has 14 heavy (non-hydrogen) atoms. The van der Waals surface area contributed by atoms with E-state index in [1.165, 1.54) is 0 Å². The highest BCUT2D eigenvalue weighted by molar-refractivity contribution is 7.98. The molecule has 4 heteroatoms. The smallest absolute Gasteiger partial charge is 0.125 e. The maximum atomic E-state index is 4.36. The monoisotopic (exact) mass is 213 g/mol. The van der Waals surface area contributed by atoms with E-state index >= 15 is 0 Å². The summed E-state index contributed by atoms with van der Waals surface area (Å²) in [6, 6.07) is 0.391. The van der Waals surface area contributed by atoms with Crippen molar-refractivity contribution in [2.24, 2.45) is 7.05 Å². The Bertz CT molecular complexity index is 260. The van der Waals surface area contributed by atoms with E-state index in [9.17, 15) is 0 Å². The number of aryl methyl sites for hydroxylation is 1. The Morgan fingerprint density at radius 1 is 1.64 bits per heavy atom. The van der Waals surface area contributed by atoms with Gasteiger partial charge in [0.15, 0.2) is 0 Å². The normalized spacial score (nSPS) is 13.1. The van der Waals surface area contributed by atoms with Gasteiger partial charge in [-0.2, -0.15) is 11.8 Å². The first-order chi connectivity index (χ1) is 6.79. The first-order valence-corrected chi connectivity index (χ1v) is 6.38. The summed E-state index contributed by atoms with van der Waals surface area (Å²) in [7, 11) is 2.04. The van der Waals surface area contributed by atoms with Gasteiger partial charge < -0.3 is 9.88 Å². The number of aromatic nitrogens is 2. The molecular formula is C10H19N3S. The van der Waals surface area contributed by atoms with Gasteiger partial charge in [0.25, 0.3) is 0 Å². The third-order valence-electron chi connectivity index (χ3n) is 2.28. The standard InChI is InChI=1S/C10H19N3S/c1-4-9(11-6-8-14-3)10-12-5-7-13(10)2/h5,7,9,11H,4,6,8H2,1-3H3. The summed E-state index contributed by atoms with van der Waals surface area (Å²) in [6.45, 7) is 3.23. The lowest BCUT2D eigenvalue weighted by Gasteiger charge is -2.16. The van der Waals surface area contributed by atoms with Crippen molar-refractivity contribution in [3.8, 4) is 0 Å². The first-order valence-electron chi connectivity index (χ1n) is 4.99. The van der Waals surface area contributed by atoms with Gasteiger partial charge in [-0.15, -0.1) is 0 Å². The van der Waals surface area contributed by atoms with Crippen LogP contribution in [0.4, 0.5) is 0 Å². The molecule has 1 heterocycles. The predicted molar refractivity (Wildman–Crippen MR) is 62.6 cm³/mol. The lowest BCUT2D eigenvalue weighted by Crippen LogP contribution is -2.25. The largest absolute Gasteiger partial charge is 0.337 e. The molecule has 1 rings (SSSR count). The van der Waals surface area contributed by atoms with Crippen LogP contribution >= 0.6 is 11.8 Å². The molecule has 0 fully saturated rings. The van der Waals surface area contributed by atoms with Gasteiger partial charge in [-0.05, 0) is 12.7 Å². The van der Waals surface area contributed by atoms with Gasteiger partial charge in [0.2, 0.25) is 0 Å². The second-order valence-corrected chi connectivity index (χ2v) is 4.29. The number of hydrogen-bond donors (Lipinski definition) is 1. The van der Waals surface area contributed by atoms with Crippen LogP contribution in [0.25, 0.3) is 0 Å². The second-order valence-electron chi connectivity index (χ2n) is 3.30. The molecule has 1 unspecified atom stereocenters. The predicted octanol–water partition coefficient (Wildman–Crippen LogP) is 1.82. The Hall–Kier alpha value is -0.480. The van der Waals surface area contributed by atoms with Crippen molar-refractivity contribution in [2.75, 3.05) is 18.6 Å². The first kappa shape index (κ1) is 11.6. The Morgan fingerprint density at radius 3 is 2.93 bits per heavy atom. The van der Waals surface area contributed by atoms with Crippen LogP contribution in [-0.4, -0.2) is 28.1 Å². The topological polar surface area (TPSA) is 29.9 Å².